The minimum absolute atomic E-state index is 0.00671. The van der Waals surface area contributed by atoms with E-state index in [1.54, 1.807) is 18.3 Å². The smallest absolute Gasteiger partial charge is 0.157 e. The summed E-state index contributed by atoms with van der Waals surface area (Å²) < 4.78 is 29.5. The summed E-state index contributed by atoms with van der Waals surface area (Å²) in [6.07, 6.45) is 3.25. The number of rotatable bonds is 5. The van der Waals surface area contributed by atoms with Gasteiger partial charge in [0.25, 0.3) is 0 Å². The average molecular weight is 270 g/mol. The van der Waals surface area contributed by atoms with Crippen LogP contribution in [0.15, 0.2) is 18.3 Å². The predicted octanol–water partition coefficient (Wildman–Crippen LogP) is 0.634. The number of sulfone groups is 1. The van der Waals surface area contributed by atoms with Gasteiger partial charge in [-0.3, -0.25) is 4.98 Å². The van der Waals surface area contributed by atoms with Gasteiger partial charge in [0, 0.05) is 19.3 Å². The van der Waals surface area contributed by atoms with Crippen LogP contribution < -0.4 is 5.73 Å². The second-order valence-electron chi connectivity index (χ2n) is 4.50. The third kappa shape index (κ3) is 3.51. The van der Waals surface area contributed by atoms with E-state index >= 15 is 0 Å². The van der Waals surface area contributed by atoms with Crippen molar-refractivity contribution in [1.29, 1.82) is 0 Å². The maximum Gasteiger partial charge on any atom is 0.157 e. The Labute approximate surface area is 107 Å². The largest absolute Gasteiger partial charge is 0.377 e. The third-order valence-corrected chi connectivity index (χ3v) is 4.65. The van der Waals surface area contributed by atoms with E-state index in [2.05, 4.69) is 4.98 Å². The Balaban J connectivity index is 2.06. The van der Waals surface area contributed by atoms with E-state index in [9.17, 15) is 8.42 Å². The summed E-state index contributed by atoms with van der Waals surface area (Å²) in [5, 5.41) is 0. The maximum atomic E-state index is 12.1. The van der Waals surface area contributed by atoms with Gasteiger partial charge < -0.3 is 10.5 Å². The molecule has 6 heteroatoms. The van der Waals surface area contributed by atoms with E-state index in [4.69, 9.17) is 10.5 Å². The summed E-state index contributed by atoms with van der Waals surface area (Å²) in [5.74, 6) is 0.0825. The van der Waals surface area contributed by atoms with Gasteiger partial charge in [0.15, 0.2) is 9.84 Å². The fourth-order valence-electron chi connectivity index (χ4n) is 2.14. The molecule has 0 aromatic carbocycles. The fourth-order valence-corrected chi connectivity index (χ4v) is 3.83. The van der Waals surface area contributed by atoms with Gasteiger partial charge in [-0.25, -0.2) is 8.42 Å². The van der Waals surface area contributed by atoms with Crippen molar-refractivity contribution in [2.24, 2.45) is 5.73 Å². The molecule has 100 valence electrons. The van der Waals surface area contributed by atoms with Crippen LogP contribution in [0.1, 0.15) is 24.1 Å². The van der Waals surface area contributed by atoms with Crippen molar-refractivity contribution in [2.45, 2.75) is 31.2 Å². The zero-order valence-corrected chi connectivity index (χ0v) is 11.0. The molecule has 1 atom stereocenters. The summed E-state index contributed by atoms with van der Waals surface area (Å²) >= 11 is 0. The van der Waals surface area contributed by atoms with E-state index in [0.717, 1.165) is 12.8 Å². The van der Waals surface area contributed by atoms with Crippen LogP contribution in [0.2, 0.25) is 0 Å². The number of ether oxygens (including phenoxy) is 1. The van der Waals surface area contributed by atoms with Crippen LogP contribution in [0, 0.1) is 0 Å². The molecule has 1 unspecified atom stereocenters. The molecule has 2 N–H and O–H groups in total. The lowest BCUT2D eigenvalue weighted by molar-refractivity contribution is 0.127. The van der Waals surface area contributed by atoms with Gasteiger partial charge in [-0.05, 0) is 24.5 Å². The summed E-state index contributed by atoms with van der Waals surface area (Å²) in [5.41, 5.74) is 6.89. The molecule has 0 amide bonds. The number of nitrogens with zero attached hydrogens (tertiary/aromatic N) is 1. The van der Waals surface area contributed by atoms with E-state index in [1.165, 1.54) is 0 Å². The van der Waals surface area contributed by atoms with Crippen molar-refractivity contribution >= 4 is 9.84 Å². The minimum atomic E-state index is -3.17. The monoisotopic (exact) mass is 270 g/mol. The molecule has 1 aliphatic heterocycles. The Hall–Kier alpha value is -0.980. The third-order valence-electron chi connectivity index (χ3n) is 3.02. The van der Waals surface area contributed by atoms with Crippen molar-refractivity contribution in [3.8, 4) is 0 Å². The van der Waals surface area contributed by atoms with Crippen LogP contribution in [-0.2, 0) is 26.9 Å². The van der Waals surface area contributed by atoms with Crippen LogP contribution in [0.5, 0.6) is 0 Å². The number of nitrogens with two attached hydrogens (primary N) is 1. The molecule has 1 aromatic heterocycles. The van der Waals surface area contributed by atoms with Crippen molar-refractivity contribution in [2.75, 3.05) is 12.4 Å². The second-order valence-corrected chi connectivity index (χ2v) is 6.61. The van der Waals surface area contributed by atoms with Crippen molar-refractivity contribution in [1.82, 2.24) is 4.98 Å². The van der Waals surface area contributed by atoms with Crippen LogP contribution in [0.25, 0.3) is 0 Å². The first-order valence-corrected chi connectivity index (χ1v) is 7.88. The quantitative estimate of drug-likeness (QED) is 0.848. The highest BCUT2D eigenvalue weighted by Gasteiger charge is 2.24. The van der Waals surface area contributed by atoms with Gasteiger partial charge in [0.1, 0.15) is 0 Å². The molecule has 0 aliphatic carbocycles. The van der Waals surface area contributed by atoms with Crippen LogP contribution >= 0.6 is 0 Å². The molecule has 0 spiro atoms. The molecule has 2 heterocycles. The highest BCUT2D eigenvalue weighted by Crippen LogP contribution is 2.17. The standard InChI is InChI=1S/C12H18N2O3S/c13-7-12-10(3-1-5-14-12)8-18(15,16)9-11-4-2-6-17-11/h1,3,5,11H,2,4,6-9,13H2. The van der Waals surface area contributed by atoms with Gasteiger partial charge in [0.2, 0.25) is 0 Å². The van der Waals surface area contributed by atoms with Crippen molar-refractivity contribution in [3.63, 3.8) is 0 Å². The summed E-state index contributed by atoms with van der Waals surface area (Å²) in [6, 6.07) is 3.50. The average Bonchev–Trinajstić information content (AvgIpc) is 2.81. The molecular formula is C12H18N2O3S. The Bertz CT molecular complexity index is 496. The second kappa shape index (κ2) is 5.77. The van der Waals surface area contributed by atoms with Gasteiger partial charge in [-0.2, -0.15) is 0 Å². The molecule has 1 saturated heterocycles. The molecule has 1 aliphatic rings. The Kier molecular flexibility index (Phi) is 4.31. The lowest BCUT2D eigenvalue weighted by atomic mass is 10.2. The molecular weight excluding hydrogens is 252 g/mol. The van der Waals surface area contributed by atoms with Gasteiger partial charge in [-0.1, -0.05) is 6.07 Å². The maximum absolute atomic E-state index is 12.1. The molecule has 5 nitrogen and oxygen atoms in total. The van der Waals surface area contributed by atoms with Crippen LogP contribution in [0.3, 0.4) is 0 Å². The van der Waals surface area contributed by atoms with Gasteiger partial charge in [0.05, 0.1) is 23.3 Å². The molecule has 1 aromatic rings. The first kappa shape index (κ1) is 13.5. The Morgan fingerprint density at radius 2 is 2.33 bits per heavy atom. The highest BCUT2D eigenvalue weighted by atomic mass is 32.2. The number of aromatic nitrogens is 1. The summed E-state index contributed by atoms with van der Waals surface area (Å²) in [4.78, 5) is 4.09. The van der Waals surface area contributed by atoms with Crippen molar-refractivity contribution < 1.29 is 13.2 Å². The van der Waals surface area contributed by atoms with E-state index < -0.39 is 9.84 Å². The topological polar surface area (TPSA) is 82.3 Å². The van der Waals surface area contributed by atoms with E-state index in [0.29, 0.717) is 17.9 Å². The Morgan fingerprint density at radius 3 is 3.00 bits per heavy atom. The summed E-state index contributed by atoms with van der Waals surface area (Å²) in [6.45, 7) is 0.923. The molecule has 1 fully saturated rings. The van der Waals surface area contributed by atoms with Gasteiger partial charge >= 0.3 is 0 Å². The predicted molar refractivity (Wildman–Crippen MR) is 68.6 cm³/mol. The molecule has 0 saturated carbocycles. The lowest BCUT2D eigenvalue weighted by Crippen LogP contribution is -2.22. The van der Waals surface area contributed by atoms with Crippen molar-refractivity contribution in [3.05, 3.63) is 29.6 Å². The molecule has 2 rings (SSSR count). The van der Waals surface area contributed by atoms with E-state index in [-0.39, 0.29) is 24.2 Å². The zero-order valence-electron chi connectivity index (χ0n) is 10.2. The first-order chi connectivity index (χ1) is 8.61. The Morgan fingerprint density at radius 1 is 1.50 bits per heavy atom. The fraction of sp³-hybridized carbons (Fsp3) is 0.583. The van der Waals surface area contributed by atoms with Crippen LogP contribution in [-0.4, -0.2) is 31.9 Å². The van der Waals surface area contributed by atoms with Crippen LogP contribution in [0.4, 0.5) is 0 Å². The van der Waals surface area contributed by atoms with Gasteiger partial charge in [-0.15, -0.1) is 0 Å². The van der Waals surface area contributed by atoms with E-state index in [1.807, 2.05) is 0 Å². The first-order valence-electron chi connectivity index (χ1n) is 6.05. The number of hydrogen-bond donors (Lipinski definition) is 1. The molecule has 18 heavy (non-hydrogen) atoms. The summed E-state index contributed by atoms with van der Waals surface area (Å²) in [7, 11) is -3.17. The molecule has 0 radical (unpaired) electrons. The normalized spacial score (nSPS) is 20.2. The number of pyridine rings is 1. The number of hydrogen-bond acceptors (Lipinski definition) is 5. The minimum Gasteiger partial charge on any atom is -0.377 e. The zero-order chi connectivity index (χ0) is 13.0. The lowest BCUT2D eigenvalue weighted by Gasteiger charge is -2.11. The highest BCUT2D eigenvalue weighted by molar-refractivity contribution is 7.90. The SMILES string of the molecule is NCc1ncccc1CS(=O)(=O)CC1CCCO1. The molecule has 0 bridgehead atoms.